The molecular formula is C15H17N3O3S2. The summed E-state index contributed by atoms with van der Waals surface area (Å²) < 4.78 is 22.9. The highest BCUT2D eigenvalue weighted by molar-refractivity contribution is 7.91. The van der Waals surface area contributed by atoms with Crippen LogP contribution >= 0.6 is 11.3 Å². The highest BCUT2D eigenvalue weighted by Gasteiger charge is 2.27. The predicted molar refractivity (Wildman–Crippen MR) is 91.6 cm³/mol. The molecule has 1 saturated heterocycles. The van der Waals surface area contributed by atoms with Crippen LogP contribution in [0.5, 0.6) is 0 Å². The molecule has 3 heterocycles. The van der Waals surface area contributed by atoms with Gasteiger partial charge in [0.05, 0.1) is 29.8 Å². The van der Waals surface area contributed by atoms with Gasteiger partial charge in [-0.25, -0.2) is 13.4 Å². The Kier molecular flexibility index (Phi) is 4.63. The number of rotatable bonds is 5. The molecule has 1 aliphatic heterocycles. The lowest BCUT2D eigenvalue weighted by molar-refractivity contribution is -0.115. The molecule has 23 heavy (non-hydrogen) atoms. The molecule has 1 fully saturated rings. The Hall–Kier alpha value is -1.93. The molecule has 2 aromatic rings. The Balaban J connectivity index is 1.54. The Morgan fingerprint density at radius 3 is 2.83 bits per heavy atom. The van der Waals surface area contributed by atoms with Crippen molar-refractivity contribution in [3.8, 4) is 0 Å². The third-order valence-corrected chi connectivity index (χ3v) is 6.19. The number of aromatic nitrogens is 1. The zero-order valence-corrected chi connectivity index (χ0v) is 14.0. The normalized spacial score (nSPS) is 19.4. The molecule has 1 amide bonds. The molecule has 2 aromatic heterocycles. The smallest absolute Gasteiger partial charge is 0.230 e. The van der Waals surface area contributed by atoms with Gasteiger partial charge in [-0.15, -0.1) is 11.3 Å². The lowest BCUT2D eigenvalue weighted by atomic mass is 10.2. The number of hydrogen-bond acceptors (Lipinski definition) is 6. The molecule has 0 spiro atoms. The summed E-state index contributed by atoms with van der Waals surface area (Å²) in [6.45, 7) is 0. The minimum Gasteiger partial charge on any atom is -0.380 e. The van der Waals surface area contributed by atoms with E-state index in [4.69, 9.17) is 0 Å². The van der Waals surface area contributed by atoms with Gasteiger partial charge in [0.25, 0.3) is 0 Å². The van der Waals surface area contributed by atoms with Crippen LogP contribution in [0.15, 0.2) is 35.8 Å². The van der Waals surface area contributed by atoms with E-state index in [9.17, 15) is 13.2 Å². The van der Waals surface area contributed by atoms with Gasteiger partial charge in [-0.1, -0.05) is 6.07 Å². The quantitative estimate of drug-likeness (QED) is 0.859. The summed E-state index contributed by atoms with van der Waals surface area (Å²) in [5.74, 6) is 0.764. The minimum absolute atomic E-state index is 0.0685. The first-order valence-electron chi connectivity index (χ1n) is 7.25. The molecule has 0 aliphatic carbocycles. The highest BCUT2D eigenvalue weighted by Crippen LogP contribution is 2.18. The van der Waals surface area contributed by atoms with E-state index in [2.05, 4.69) is 15.6 Å². The van der Waals surface area contributed by atoms with E-state index < -0.39 is 9.84 Å². The van der Waals surface area contributed by atoms with Crippen molar-refractivity contribution >= 4 is 38.6 Å². The van der Waals surface area contributed by atoms with Crippen molar-refractivity contribution in [1.82, 2.24) is 4.98 Å². The van der Waals surface area contributed by atoms with Gasteiger partial charge in [-0.2, -0.15) is 0 Å². The predicted octanol–water partition coefficient (Wildman–Crippen LogP) is 1.92. The van der Waals surface area contributed by atoms with Crippen molar-refractivity contribution in [3.05, 3.63) is 40.7 Å². The number of hydrogen-bond donors (Lipinski definition) is 2. The second kappa shape index (κ2) is 6.67. The van der Waals surface area contributed by atoms with Crippen LogP contribution in [0.2, 0.25) is 0 Å². The standard InChI is InChI=1S/C15H17N3O3S2/c19-15(8-13-2-1-6-22-13)18-14-4-3-11(9-16-14)17-12-5-7-23(20,21)10-12/h1-4,6,9,12,17H,5,7-8,10H2,(H,16,18,19). The van der Waals surface area contributed by atoms with Gasteiger partial charge >= 0.3 is 0 Å². The largest absolute Gasteiger partial charge is 0.380 e. The number of anilines is 2. The molecule has 122 valence electrons. The molecular weight excluding hydrogens is 334 g/mol. The maximum atomic E-state index is 11.9. The Labute approximate surface area is 138 Å². The summed E-state index contributed by atoms with van der Waals surface area (Å²) in [4.78, 5) is 17.1. The van der Waals surface area contributed by atoms with Crippen molar-refractivity contribution in [2.45, 2.75) is 18.9 Å². The van der Waals surface area contributed by atoms with E-state index in [0.29, 0.717) is 18.7 Å². The molecule has 0 aromatic carbocycles. The SMILES string of the molecule is O=C(Cc1cccs1)Nc1ccc(NC2CCS(=O)(=O)C2)cn1. The fourth-order valence-corrected chi connectivity index (χ4v) is 4.83. The first kappa shape index (κ1) is 15.9. The maximum Gasteiger partial charge on any atom is 0.230 e. The van der Waals surface area contributed by atoms with E-state index in [1.54, 1.807) is 29.7 Å². The van der Waals surface area contributed by atoms with E-state index >= 15 is 0 Å². The first-order valence-corrected chi connectivity index (χ1v) is 9.95. The van der Waals surface area contributed by atoms with Gasteiger partial charge in [0.1, 0.15) is 5.82 Å². The number of nitrogens with zero attached hydrogens (tertiary/aromatic N) is 1. The molecule has 0 bridgehead atoms. The van der Waals surface area contributed by atoms with Gasteiger partial charge in [0, 0.05) is 10.9 Å². The van der Waals surface area contributed by atoms with Gasteiger partial charge in [-0.05, 0) is 30.0 Å². The van der Waals surface area contributed by atoms with Crippen molar-refractivity contribution in [3.63, 3.8) is 0 Å². The molecule has 2 N–H and O–H groups in total. The van der Waals surface area contributed by atoms with Crippen LogP contribution in [-0.2, 0) is 21.1 Å². The van der Waals surface area contributed by atoms with Crippen LogP contribution in [0.25, 0.3) is 0 Å². The summed E-state index contributed by atoms with van der Waals surface area (Å²) in [5, 5.41) is 7.84. The monoisotopic (exact) mass is 351 g/mol. The first-order chi connectivity index (χ1) is 11.0. The van der Waals surface area contributed by atoms with E-state index in [1.807, 2.05) is 17.5 Å². The van der Waals surface area contributed by atoms with Crippen LogP contribution in [0.3, 0.4) is 0 Å². The number of pyridine rings is 1. The topological polar surface area (TPSA) is 88.2 Å². The molecule has 1 aliphatic rings. The Morgan fingerprint density at radius 2 is 2.22 bits per heavy atom. The highest BCUT2D eigenvalue weighted by atomic mass is 32.2. The van der Waals surface area contributed by atoms with Crippen LogP contribution in [0.1, 0.15) is 11.3 Å². The van der Waals surface area contributed by atoms with Crippen LogP contribution in [-0.4, -0.2) is 36.9 Å². The van der Waals surface area contributed by atoms with Crippen molar-refractivity contribution < 1.29 is 13.2 Å². The Bertz CT molecular complexity index is 771. The fraction of sp³-hybridized carbons (Fsp3) is 0.333. The third-order valence-electron chi connectivity index (χ3n) is 3.55. The van der Waals surface area contributed by atoms with Crippen molar-refractivity contribution in [2.75, 3.05) is 22.1 Å². The summed E-state index contributed by atoms with van der Waals surface area (Å²) in [6, 6.07) is 7.26. The van der Waals surface area contributed by atoms with E-state index in [1.165, 1.54) is 0 Å². The molecule has 3 rings (SSSR count). The summed E-state index contributed by atoms with van der Waals surface area (Å²) in [6.07, 6.45) is 2.55. The second-order valence-electron chi connectivity index (χ2n) is 5.48. The number of carbonyl (C=O) groups is 1. The van der Waals surface area contributed by atoms with Gasteiger partial charge in [-0.3, -0.25) is 4.79 Å². The van der Waals surface area contributed by atoms with Gasteiger partial charge < -0.3 is 10.6 Å². The van der Waals surface area contributed by atoms with Crippen LogP contribution in [0.4, 0.5) is 11.5 Å². The molecule has 6 nitrogen and oxygen atoms in total. The summed E-state index contributed by atoms with van der Waals surface area (Å²) in [7, 11) is -2.90. The van der Waals surface area contributed by atoms with E-state index in [-0.39, 0.29) is 23.5 Å². The second-order valence-corrected chi connectivity index (χ2v) is 8.74. The third kappa shape index (κ3) is 4.52. The molecule has 0 saturated carbocycles. The number of thiophene rings is 1. The average molecular weight is 351 g/mol. The van der Waals surface area contributed by atoms with E-state index in [0.717, 1.165) is 10.6 Å². The number of nitrogens with one attached hydrogen (secondary N) is 2. The number of amides is 1. The minimum atomic E-state index is -2.90. The summed E-state index contributed by atoms with van der Waals surface area (Å²) >= 11 is 1.54. The van der Waals surface area contributed by atoms with Gasteiger partial charge in [0.2, 0.25) is 5.91 Å². The lowest BCUT2D eigenvalue weighted by Gasteiger charge is -2.12. The van der Waals surface area contributed by atoms with Crippen molar-refractivity contribution in [2.24, 2.45) is 0 Å². The molecule has 1 unspecified atom stereocenters. The average Bonchev–Trinajstić information content (AvgIpc) is 3.10. The molecule has 8 heteroatoms. The molecule has 1 atom stereocenters. The fourth-order valence-electron chi connectivity index (χ4n) is 2.46. The zero-order valence-electron chi connectivity index (χ0n) is 12.4. The van der Waals surface area contributed by atoms with Gasteiger partial charge in [0.15, 0.2) is 9.84 Å². The van der Waals surface area contributed by atoms with Crippen LogP contribution < -0.4 is 10.6 Å². The number of sulfone groups is 1. The Morgan fingerprint density at radius 1 is 1.35 bits per heavy atom. The maximum absolute atomic E-state index is 11.9. The molecule has 0 radical (unpaired) electrons. The van der Waals surface area contributed by atoms with Crippen LogP contribution in [0, 0.1) is 0 Å². The lowest BCUT2D eigenvalue weighted by Crippen LogP contribution is -2.20. The number of carbonyl (C=O) groups excluding carboxylic acids is 1. The van der Waals surface area contributed by atoms with Crippen molar-refractivity contribution in [1.29, 1.82) is 0 Å². The zero-order chi connectivity index (χ0) is 16.3. The summed E-state index contributed by atoms with van der Waals surface area (Å²) in [5.41, 5.74) is 0.753.